The predicted molar refractivity (Wildman–Crippen MR) is 51.8 cm³/mol. The second-order valence-electron chi connectivity index (χ2n) is 4.09. The van der Waals surface area contributed by atoms with Gasteiger partial charge < -0.3 is 5.11 Å². The van der Waals surface area contributed by atoms with Gasteiger partial charge in [-0.05, 0) is 38.5 Å². The van der Waals surface area contributed by atoms with E-state index in [4.69, 9.17) is 5.11 Å². The van der Waals surface area contributed by atoms with Crippen molar-refractivity contribution >= 4 is 0 Å². The highest BCUT2D eigenvalue weighted by Crippen LogP contribution is 2.27. The highest BCUT2D eigenvalue weighted by molar-refractivity contribution is 4.76. The maximum Gasteiger partial charge on any atom is 0.0512 e. The number of aliphatic hydroxyl groups is 1. The average molecular weight is 169 g/mol. The summed E-state index contributed by atoms with van der Waals surface area (Å²) in [6.07, 6.45) is 11.3. The van der Waals surface area contributed by atoms with Crippen molar-refractivity contribution < 1.29 is 5.11 Å². The first-order valence-corrected chi connectivity index (χ1v) is 5.29. The Balaban J connectivity index is 1.98. The van der Waals surface area contributed by atoms with Crippen molar-refractivity contribution in [3.05, 3.63) is 6.42 Å². The lowest BCUT2D eigenvalue weighted by atomic mass is 9.85. The lowest BCUT2D eigenvalue weighted by molar-refractivity contribution is 0.176. The first-order chi connectivity index (χ1) is 5.79. The average Bonchev–Trinajstić information content (AvgIpc) is 2.05. The maximum atomic E-state index is 9.08. The van der Waals surface area contributed by atoms with Gasteiger partial charge in [0.25, 0.3) is 0 Å². The summed E-state index contributed by atoms with van der Waals surface area (Å²) in [6, 6.07) is 0. The van der Waals surface area contributed by atoms with E-state index in [9.17, 15) is 0 Å². The zero-order valence-corrected chi connectivity index (χ0v) is 8.13. The molecule has 1 saturated carbocycles. The van der Waals surface area contributed by atoms with Crippen molar-refractivity contribution in [3.63, 3.8) is 0 Å². The molecule has 12 heavy (non-hydrogen) atoms. The molecule has 0 heterocycles. The standard InChI is InChI=1S/C11H21O/c1-10(12)6-5-9-11-7-3-2-4-8-11/h2,10-12H,3-9H2,1H3. The molecule has 0 amide bonds. The Labute approximate surface area is 76.2 Å². The normalized spacial score (nSPS) is 22.5. The van der Waals surface area contributed by atoms with E-state index in [1.54, 1.807) is 0 Å². The van der Waals surface area contributed by atoms with Crippen LogP contribution in [0.2, 0.25) is 0 Å². The van der Waals surface area contributed by atoms with E-state index < -0.39 is 0 Å². The lowest BCUT2D eigenvalue weighted by Crippen LogP contribution is -2.08. The molecule has 1 rings (SSSR count). The van der Waals surface area contributed by atoms with E-state index >= 15 is 0 Å². The van der Waals surface area contributed by atoms with Crippen molar-refractivity contribution in [1.82, 2.24) is 0 Å². The Hall–Kier alpha value is -0.0400. The molecular formula is C11H21O. The summed E-state index contributed by atoms with van der Waals surface area (Å²) in [5, 5.41) is 9.08. The fraction of sp³-hybridized carbons (Fsp3) is 0.909. The summed E-state index contributed by atoms with van der Waals surface area (Å²) in [5.41, 5.74) is 0. The van der Waals surface area contributed by atoms with Crippen LogP contribution < -0.4 is 0 Å². The summed E-state index contributed by atoms with van der Waals surface area (Å²) in [7, 11) is 0. The molecule has 1 N–H and O–H groups in total. The molecule has 1 aliphatic carbocycles. The van der Waals surface area contributed by atoms with E-state index in [-0.39, 0.29) is 6.10 Å². The van der Waals surface area contributed by atoms with Gasteiger partial charge in [-0.2, -0.15) is 0 Å². The molecule has 1 unspecified atom stereocenters. The summed E-state index contributed by atoms with van der Waals surface area (Å²) in [4.78, 5) is 0. The highest BCUT2D eigenvalue weighted by atomic mass is 16.3. The molecule has 1 aliphatic rings. The van der Waals surface area contributed by atoms with Crippen LogP contribution in [0.15, 0.2) is 0 Å². The maximum absolute atomic E-state index is 9.08. The number of rotatable bonds is 4. The van der Waals surface area contributed by atoms with Gasteiger partial charge in [0.05, 0.1) is 6.10 Å². The minimum atomic E-state index is -0.0971. The van der Waals surface area contributed by atoms with Crippen LogP contribution in [-0.2, 0) is 0 Å². The molecule has 0 aromatic carbocycles. The third-order valence-electron chi connectivity index (χ3n) is 2.79. The first-order valence-electron chi connectivity index (χ1n) is 5.29. The SMILES string of the molecule is CC(O)CCCC1CC[CH]CC1. The van der Waals surface area contributed by atoms with Gasteiger partial charge in [0.2, 0.25) is 0 Å². The van der Waals surface area contributed by atoms with Crippen LogP contribution in [0.25, 0.3) is 0 Å². The van der Waals surface area contributed by atoms with Gasteiger partial charge in [-0.3, -0.25) is 0 Å². The Morgan fingerprint density at radius 3 is 2.67 bits per heavy atom. The Kier molecular flexibility index (Phi) is 4.67. The zero-order valence-electron chi connectivity index (χ0n) is 8.13. The molecule has 0 aromatic rings. The number of hydrogen-bond donors (Lipinski definition) is 1. The largest absolute Gasteiger partial charge is 0.393 e. The van der Waals surface area contributed by atoms with E-state index in [0.29, 0.717) is 0 Å². The van der Waals surface area contributed by atoms with Crippen LogP contribution in [0.3, 0.4) is 0 Å². The van der Waals surface area contributed by atoms with E-state index in [1.807, 2.05) is 6.92 Å². The van der Waals surface area contributed by atoms with Crippen LogP contribution in [0.5, 0.6) is 0 Å². The molecule has 0 aliphatic heterocycles. The molecule has 1 fully saturated rings. The summed E-state index contributed by atoms with van der Waals surface area (Å²) in [5.74, 6) is 0.953. The minimum Gasteiger partial charge on any atom is -0.393 e. The molecule has 1 atom stereocenters. The Bertz CT molecular complexity index is 104. The van der Waals surface area contributed by atoms with Crippen molar-refractivity contribution in [2.45, 2.75) is 58.0 Å². The molecule has 71 valence electrons. The van der Waals surface area contributed by atoms with Crippen LogP contribution in [0.4, 0.5) is 0 Å². The van der Waals surface area contributed by atoms with E-state index in [2.05, 4.69) is 6.42 Å². The van der Waals surface area contributed by atoms with Gasteiger partial charge in [0.15, 0.2) is 0 Å². The number of aliphatic hydroxyl groups excluding tert-OH is 1. The van der Waals surface area contributed by atoms with Crippen LogP contribution >= 0.6 is 0 Å². The molecule has 1 radical (unpaired) electrons. The van der Waals surface area contributed by atoms with E-state index in [0.717, 1.165) is 12.3 Å². The van der Waals surface area contributed by atoms with Gasteiger partial charge in [-0.25, -0.2) is 0 Å². The molecule has 1 heteroatoms. The summed E-state index contributed by atoms with van der Waals surface area (Å²) >= 11 is 0. The number of hydrogen-bond acceptors (Lipinski definition) is 1. The van der Waals surface area contributed by atoms with Crippen molar-refractivity contribution in [1.29, 1.82) is 0 Å². The van der Waals surface area contributed by atoms with Crippen LogP contribution in [0, 0.1) is 12.3 Å². The lowest BCUT2D eigenvalue weighted by Gasteiger charge is -2.21. The topological polar surface area (TPSA) is 20.2 Å². The van der Waals surface area contributed by atoms with Gasteiger partial charge in [-0.15, -0.1) is 0 Å². The van der Waals surface area contributed by atoms with E-state index in [1.165, 1.54) is 38.5 Å². The second-order valence-corrected chi connectivity index (χ2v) is 4.09. The van der Waals surface area contributed by atoms with Gasteiger partial charge in [0, 0.05) is 0 Å². The van der Waals surface area contributed by atoms with Gasteiger partial charge in [-0.1, -0.05) is 25.7 Å². The predicted octanol–water partition coefficient (Wildman–Crippen LogP) is 2.93. The van der Waals surface area contributed by atoms with Crippen LogP contribution in [0.1, 0.15) is 51.9 Å². The van der Waals surface area contributed by atoms with Crippen molar-refractivity contribution in [2.24, 2.45) is 5.92 Å². The first kappa shape index (κ1) is 10.0. The quantitative estimate of drug-likeness (QED) is 0.686. The molecule has 1 nitrogen and oxygen atoms in total. The monoisotopic (exact) mass is 169 g/mol. The zero-order chi connectivity index (χ0) is 8.81. The molecule has 0 saturated heterocycles. The summed E-state index contributed by atoms with van der Waals surface area (Å²) < 4.78 is 0. The van der Waals surface area contributed by atoms with Crippen molar-refractivity contribution in [2.75, 3.05) is 0 Å². The fourth-order valence-electron chi connectivity index (χ4n) is 1.99. The summed E-state index contributed by atoms with van der Waals surface area (Å²) in [6.45, 7) is 1.88. The third kappa shape index (κ3) is 4.10. The second kappa shape index (κ2) is 5.58. The smallest absolute Gasteiger partial charge is 0.0512 e. The third-order valence-corrected chi connectivity index (χ3v) is 2.79. The Morgan fingerprint density at radius 1 is 1.42 bits per heavy atom. The van der Waals surface area contributed by atoms with Crippen molar-refractivity contribution in [3.8, 4) is 0 Å². The minimum absolute atomic E-state index is 0.0971. The van der Waals surface area contributed by atoms with Gasteiger partial charge in [0.1, 0.15) is 0 Å². The molecular weight excluding hydrogens is 148 g/mol. The van der Waals surface area contributed by atoms with Gasteiger partial charge >= 0.3 is 0 Å². The molecule has 0 spiro atoms. The highest BCUT2D eigenvalue weighted by Gasteiger charge is 2.12. The van der Waals surface area contributed by atoms with Crippen LogP contribution in [-0.4, -0.2) is 11.2 Å². The fourth-order valence-corrected chi connectivity index (χ4v) is 1.99. The molecule has 0 bridgehead atoms. The Morgan fingerprint density at radius 2 is 2.08 bits per heavy atom. The molecule has 0 aromatic heterocycles.